The van der Waals surface area contributed by atoms with Crippen molar-refractivity contribution in [2.75, 3.05) is 43.2 Å². The molecular formula is C22H21Cl2N5O5S. The molecule has 2 fully saturated rings. The minimum atomic E-state index is -1.31. The number of thiophene rings is 1. The predicted octanol–water partition coefficient (Wildman–Crippen LogP) is 4.05. The van der Waals surface area contributed by atoms with Crippen molar-refractivity contribution in [1.82, 2.24) is 5.32 Å². The highest BCUT2D eigenvalue weighted by Crippen LogP contribution is 2.32. The van der Waals surface area contributed by atoms with Crippen molar-refractivity contribution in [3.8, 4) is 11.3 Å². The monoisotopic (exact) mass is 537 g/mol. The SMILES string of the molecule is N#CN=C1CCOCCN1c1ccc(NC(=O)C2(NC(=O)Oc3ccc(Cl)s3)CCOC2)cc1Cl. The van der Waals surface area contributed by atoms with E-state index in [-0.39, 0.29) is 13.0 Å². The normalized spacial score (nSPS) is 21.3. The molecule has 3 heterocycles. The lowest BCUT2D eigenvalue weighted by atomic mass is 9.97. The number of halogens is 2. The van der Waals surface area contributed by atoms with Crippen LogP contribution in [0.4, 0.5) is 16.2 Å². The molecule has 2 saturated heterocycles. The van der Waals surface area contributed by atoms with Gasteiger partial charge in [-0.1, -0.05) is 34.5 Å². The lowest BCUT2D eigenvalue weighted by molar-refractivity contribution is -0.122. The molecule has 1 aromatic heterocycles. The lowest BCUT2D eigenvalue weighted by Crippen LogP contribution is -2.58. The average molecular weight is 538 g/mol. The first-order valence-electron chi connectivity index (χ1n) is 10.7. The lowest BCUT2D eigenvalue weighted by Gasteiger charge is -2.27. The van der Waals surface area contributed by atoms with Crippen LogP contribution in [-0.2, 0) is 14.3 Å². The first-order valence-corrected chi connectivity index (χ1v) is 12.2. The highest BCUT2D eigenvalue weighted by Gasteiger charge is 2.44. The molecule has 184 valence electrons. The number of carbonyl (C=O) groups is 2. The molecule has 0 bridgehead atoms. The van der Waals surface area contributed by atoms with E-state index in [4.69, 9.17) is 42.7 Å². The Kier molecular flexibility index (Phi) is 8.10. The zero-order valence-electron chi connectivity index (χ0n) is 18.4. The highest BCUT2D eigenvalue weighted by molar-refractivity contribution is 7.17. The minimum absolute atomic E-state index is 0.00723. The topological polar surface area (TPSA) is 125 Å². The van der Waals surface area contributed by atoms with Crippen LogP contribution in [0.2, 0.25) is 9.36 Å². The number of nitrogens with one attached hydrogen (secondary N) is 2. The average Bonchev–Trinajstić information content (AvgIpc) is 3.39. The molecule has 2 N–H and O–H groups in total. The molecule has 0 radical (unpaired) electrons. The molecule has 1 atom stereocenters. The standard InChI is InChI=1S/C22H21Cl2N5O5S/c23-15-11-14(1-2-16(15)29-7-10-32-8-5-18(29)26-13-25)27-20(30)22(6-9-33-12-22)28-21(31)34-19-4-3-17(24)35-19/h1-4,11H,5-10,12H2,(H,27,30)(H,28,31). The summed E-state index contributed by atoms with van der Waals surface area (Å²) in [6.07, 6.45) is 1.78. The van der Waals surface area contributed by atoms with Crippen LogP contribution >= 0.6 is 34.5 Å². The van der Waals surface area contributed by atoms with Crippen LogP contribution in [0.25, 0.3) is 0 Å². The van der Waals surface area contributed by atoms with E-state index in [9.17, 15) is 9.59 Å². The van der Waals surface area contributed by atoms with Crippen LogP contribution in [0.5, 0.6) is 5.06 Å². The quantitative estimate of drug-likeness (QED) is 0.551. The van der Waals surface area contributed by atoms with Crippen molar-refractivity contribution in [2.45, 2.75) is 18.4 Å². The fourth-order valence-electron chi connectivity index (χ4n) is 3.74. The van der Waals surface area contributed by atoms with E-state index in [1.165, 1.54) is 0 Å². The van der Waals surface area contributed by atoms with Crippen LogP contribution in [0.1, 0.15) is 12.8 Å². The fourth-order valence-corrected chi connectivity index (χ4v) is 4.89. The van der Waals surface area contributed by atoms with Crippen molar-refractivity contribution in [1.29, 1.82) is 5.26 Å². The molecule has 2 aliphatic heterocycles. The summed E-state index contributed by atoms with van der Waals surface area (Å²) >= 11 is 13.5. The van der Waals surface area contributed by atoms with Gasteiger partial charge in [-0.15, -0.1) is 0 Å². The Bertz CT molecular complexity index is 1180. The van der Waals surface area contributed by atoms with Gasteiger partial charge in [0, 0.05) is 31.7 Å². The molecule has 13 heteroatoms. The number of anilines is 2. The predicted molar refractivity (Wildman–Crippen MR) is 133 cm³/mol. The molecule has 35 heavy (non-hydrogen) atoms. The van der Waals surface area contributed by atoms with E-state index in [1.807, 2.05) is 11.1 Å². The molecule has 0 saturated carbocycles. The summed E-state index contributed by atoms with van der Waals surface area (Å²) in [6, 6.07) is 8.19. The van der Waals surface area contributed by atoms with E-state index in [1.54, 1.807) is 30.3 Å². The molecule has 10 nitrogen and oxygen atoms in total. The van der Waals surface area contributed by atoms with Crippen LogP contribution in [0.15, 0.2) is 35.3 Å². The van der Waals surface area contributed by atoms with Crippen molar-refractivity contribution in [3.63, 3.8) is 0 Å². The Labute approximate surface area is 215 Å². The summed E-state index contributed by atoms with van der Waals surface area (Å²) < 4.78 is 16.6. The zero-order valence-corrected chi connectivity index (χ0v) is 20.7. The fraction of sp³-hybridized carbons (Fsp3) is 0.364. The molecule has 2 aliphatic rings. The maximum absolute atomic E-state index is 13.2. The van der Waals surface area contributed by atoms with Crippen molar-refractivity contribution in [3.05, 3.63) is 39.7 Å². The number of rotatable bonds is 5. The van der Waals surface area contributed by atoms with E-state index >= 15 is 0 Å². The van der Waals surface area contributed by atoms with Gasteiger partial charge in [-0.25, -0.2) is 4.79 Å². The van der Waals surface area contributed by atoms with E-state index in [0.29, 0.717) is 64.4 Å². The van der Waals surface area contributed by atoms with E-state index in [0.717, 1.165) is 11.3 Å². The number of nitriles is 1. The van der Waals surface area contributed by atoms with Gasteiger partial charge in [-0.05, 0) is 30.3 Å². The number of hydrogen-bond acceptors (Lipinski definition) is 8. The number of aliphatic imine (C=N–C) groups is 1. The van der Waals surface area contributed by atoms with Gasteiger partial charge in [-0.3, -0.25) is 4.79 Å². The molecule has 0 spiro atoms. The van der Waals surface area contributed by atoms with Crippen LogP contribution in [-0.4, -0.2) is 56.3 Å². The Balaban J connectivity index is 1.48. The summed E-state index contributed by atoms with van der Waals surface area (Å²) in [5.41, 5.74) is -0.239. The summed E-state index contributed by atoms with van der Waals surface area (Å²) in [5, 5.41) is 15.1. The third-order valence-corrected chi connectivity index (χ3v) is 6.87. The van der Waals surface area contributed by atoms with Crippen molar-refractivity contribution in [2.24, 2.45) is 4.99 Å². The highest BCUT2D eigenvalue weighted by atomic mass is 35.5. The maximum Gasteiger partial charge on any atom is 0.414 e. The van der Waals surface area contributed by atoms with Gasteiger partial charge in [0.1, 0.15) is 11.4 Å². The Morgan fingerprint density at radius 1 is 1.20 bits per heavy atom. The zero-order chi connectivity index (χ0) is 24.8. The largest absolute Gasteiger partial charge is 0.414 e. The second-order valence-electron chi connectivity index (χ2n) is 7.72. The third kappa shape index (κ3) is 6.04. The van der Waals surface area contributed by atoms with Crippen LogP contribution in [0, 0.1) is 11.5 Å². The number of amidine groups is 1. The molecule has 4 rings (SSSR count). The van der Waals surface area contributed by atoms with Gasteiger partial charge < -0.3 is 29.7 Å². The number of ether oxygens (including phenoxy) is 3. The number of nitrogens with zero attached hydrogens (tertiary/aromatic N) is 3. The van der Waals surface area contributed by atoms with Crippen molar-refractivity contribution >= 4 is 63.7 Å². The second kappa shape index (κ2) is 11.2. The summed E-state index contributed by atoms with van der Waals surface area (Å²) in [7, 11) is 0. The van der Waals surface area contributed by atoms with E-state index < -0.39 is 17.5 Å². The van der Waals surface area contributed by atoms with E-state index in [2.05, 4.69) is 15.6 Å². The smallest absolute Gasteiger partial charge is 0.399 e. The second-order valence-corrected chi connectivity index (χ2v) is 9.80. The Morgan fingerprint density at radius 3 is 2.74 bits per heavy atom. The van der Waals surface area contributed by atoms with Gasteiger partial charge >= 0.3 is 6.09 Å². The van der Waals surface area contributed by atoms with Gasteiger partial charge in [0.15, 0.2) is 5.06 Å². The van der Waals surface area contributed by atoms with Crippen LogP contribution in [0.3, 0.4) is 0 Å². The summed E-state index contributed by atoms with van der Waals surface area (Å²) in [6.45, 7) is 1.69. The minimum Gasteiger partial charge on any atom is -0.399 e. The third-order valence-electron chi connectivity index (χ3n) is 5.46. The number of amides is 2. The molecule has 1 unspecified atom stereocenters. The van der Waals surface area contributed by atoms with Gasteiger partial charge in [-0.2, -0.15) is 10.3 Å². The number of carbonyl (C=O) groups excluding carboxylic acids is 2. The number of benzene rings is 1. The molecule has 2 aromatic rings. The number of hydrogen-bond donors (Lipinski definition) is 2. The first kappa shape index (κ1) is 25.2. The molecular weight excluding hydrogens is 517 g/mol. The molecule has 0 aliphatic carbocycles. The molecule has 2 amide bonds. The first-order chi connectivity index (χ1) is 16.9. The van der Waals surface area contributed by atoms with Crippen LogP contribution < -0.4 is 20.3 Å². The van der Waals surface area contributed by atoms with Crippen molar-refractivity contribution < 1.29 is 23.8 Å². The maximum atomic E-state index is 13.2. The van der Waals surface area contributed by atoms with Gasteiger partial charge in [0.2, 0.25) is 6.19 Å². The summed E-state index contributed by atoms with van der Waals surface area (Å²) in [4.78, 5) is 31.4. The van der Waals surface area contributed by atoms with Gasteiger partial charge in [0.25, 0.3) is 5.91 Å². The Morgan fingerprint density at radius 2 is 2.06 bits per heavy atom. The summed E-state index contributed by atoms with van der Waals surface area (Å²) in [5.74, 6) is 0.0929. The van der Waals surface area contributed by atoms with Gasteiger partial charge in [0.05, 0.1) is 34.9 Å². The molecule has 1 aromatic carbocycles. The Hall–Kier alpha value is -2.88.